The van der Waals surface area contributed by atoms with Gasteiger partial charge in [-0.2, -0.15) is 23.3 Å². The van der Waals surface area contributed by atoms with Gasteiger partial charge in [-0.05, 0) is 49.1 Å². The summed E-state index contributed by atoms with van der Waals surface area (Å²) in [5.41, 5.74) is 2.72. The lowest BCUT2D eigenvalue weighted by atomic mass is 9.94. The smallest absolute Gasteiger partial charge is 0.389 e. The number of aromatic nitrogens is 4. The molecule has 1 aliphatic heterocycles. The minimum absolute atomic E-state index is 0.121. The fourth-order valence-electron chi connectivity index (χ4n) is 4.71. The molecule has 2 aromatic heterocycles. The van der Waals surface area contributed by atoms with Crippen molar-refractivity contribution in [2.75, 3.05) is 18.0 Å². The van der Waals surface area contributed by atoms with E-state index in [9.17, 15) is 18.3 Å². The third-order valence-electron chi connectivity index (χ3n) is 7.08. The van der Waals surface area contributed by atoms with Crippen molar-refractivity contribution >= 4 is 5.69 Å². The van der Waals surface area contributed by atoms with Crippen LogP contribution in [0.1, 0.15) is 29.7 Å². The number of aliphatic hydroxyl groups is 1. The fourth-order valence-corrected chi connectivity index (χ4v) is 4.71. The molecule has 1 N–H and O–H groups in total. The molecule has 6 rings (SSSR count). The molecule has 0 atom stereocenters. The van der Waals surface area contributed by atoms with Crippen molar-refractivity contribution in [1.82, 2.24) is 19.9 Å². The summed E-state index contributed by atoms with van der Waals surface area (Å²) in [6, 6.07) is 16.2. The molecule has 0 unspecified atom stereocenters. The van der Waals surface area contributed by atoms with Gasteiger partial charge >= 0.3 is 6.18 Å². The highest BCUT2D eigenvalue weighted by Crippen LogP contribution is 2.58. The van der Waals surface area contributed by atoms with Crippen LogP contribution in [0.15, 0.2) is 59.1 Å². The van der Waals surface area contributed by atoms with E-state index in [2.05, 4.69) is 26.2 Å². The lowest BCUT2D eigenvalue weighted by molar-refractivity contribution is -0.160. The first kappa shape index (κ1) is 22.8. The molecule has 186 valence electrons. The number of alkyl halides is 3. The number of anilines is 1. The van der Waals surface area contributed by atoms with E-state index in [1.807, 2.05) is 35.9 Å². The van der Waals surface area contributed by atoms with Crippen LogP contribution in [0.2, 0.25) is 0 Å². The van der Waals surface area contributed by atoms with Crippen molar-refractivity contribution in [2.24, 2.45) is 0 Å². The molecule has 4 aromatic rings. The third kappa shape index (κ3) is 3.95. The molecule has 2 aromatic carbocycles. The van der Waals surface area contributed by atoms with Gasteiger partial charge in [0.1, 0.15) is 0 Å². The normalized spacial score (nSPS) is 17.3. The van der Waals surface area contributed by atoms with E-state index in [-0.39, 0.29) is 30.4 Å². The van der Waals surface area contributed by atoms with Gasteiger partial charge in [0, 0.05) is 30.0 Å². The molecule has 36 heavy (non-hydrogen) atoms. The zero-order valence-corrected chi connectivity index (χ0v) is 19.5. The number of aliphatic hydroxyl groups excluding tert-OH is 1. The third-order valence-corrected chi connectivity index (χ3v) is 7.08. The second-order valence-electron chi connectivity index (χ2n) is 9.64. The van der Waals surface area contributed by atoms with Gasteiger partial charge in [-0.15, -0.1) is 0 Å². The van der Waals surface area contributed by atoms with Crippen LogP contribution >= 0.6 is 0 Å². The lowest BCUT2D eigenvalue weighted by Crippen LogP contribution is -2.50. The van der Waals surface area contributed by atoms with Crippen molar-refractivity contribution in [1.29, 1.82) is 0 Å². The van der Waals surface area contributed by atoms with E-state index < -0.39 is 11.6 Å². The van der Waals surface area contributed by atoms with Crippen LogP contribution in [0.25, 0.3) is 23.0 Å². The molecule has 0 radical (unpaired) electrons. The Labute approximate surface area is 205 Å². The molecule has 1 saturated heterocycles. The van der Waals surface area contributed by atoms with Gasteiger partial charge < -0.3 is 14.5 Å². The highest BCUT2D eigenvalue weighted by molar-refractivity contribution is 5.59. The number of benzene rings is 2. The Hall–Kier alpha value is -3.66. The molecule has 2 aliphatic rings. The van der Waals surface area contributed by atoms with Crippen molar-refractivity contribution in [2.45, 2.75) is 44.0 Å². The Kier molecular flexibility index (Phi) is 5.18. The van der Waals surface area contributed by atoms with E-state index in [4.69, 9.17) is 4.52 Å². The Morgan fingerprint density at radius 1 is 1.08 bits per heavy atom. The summed E-state index contributed by atoms with van der Waals surface area (Å²) in [4.78, 5) is 6.55. The molecule has 7 nitrogen and oxygen atoms in total. The molecule has 10 heteroatoms. The minimum atomic E-state index is -4.25. The van der Waals surface area contributed by atoms with Crippen LogP contribution in [-0.4, -0.2) is 50.4 Å². The molecule has 1 aliphatic carbocycles. The second kappa shape index (κ2) is 8.19. The summed E-state index contributed by atoms with van der Waals surface area (Å²) >= 11 is 0. The zero-order chi connectivity index (χ0) is 25.1. The average Bonchev–Trinajstić information content (AvgIpc) is 3.39. The van der Waals surface area contributed by atoms with Crippen LogP contribution < -0.4 is 4.90 Å². The number of halogens is 3. The SMILES string of the molecule is Cc1cc(-c2nc(-c3ccc(C4(C(F)(F)F)CC4)cc3)no2)nn1Cc1cccc(N2CC(O)C2)c1. The van der Waals surface area contributed by atoms with Crippen LogP contribution in [0.3, 0.4) is 0 Å². The molecular weight excluding hydrogens is 471 g/mol. The first-order valence-corrected chi connectivity index (χ1v) is 11.8. The summed E-state index contributed by atoms with van der Waals surface area (Å²) in [6.07, 6.45) is -4.27. The number of aryl methyl sites for hydroxylation is 1. The number of β-amino-alcohol motifs (C(OH)–C–C–N with tert-alkyl or cyclic N) is 1. The summed E-state index contributed by atoms with van der Waals surface area (Å²) in [7, 11) is 0. The highest BCUT2D eigenvalue weighted by Gasteiger charge is 2.64. The number of hydrogen-bond acceptors (Lipinski definition) is 6. The summed E-state index contributed by atoms with van der Waals surface area (Å²) in [5.74, 6) is 0.540. The Morgan fingerprint density at radius 2 is 1.83 bits per heavy atom. The topological polar surface area (TPSA) is 80.2 Å². The molecule has 2 fully saturated rings. The zero-order valence-electron chi connectivity index (χ0n) is 19.5. The van der Waals surface area contributed by atoms with Crippen molar-refractivity contribution < 1.29 is 22.8 Å². The first-order valence-electron chi connectivity index (χ1n) is 11.8. The minimum Gasteiger partial charge on any atom is -0.389 e. The fraction of sp³-hybridized carbons (Fsp3) is 0.346. The van der Waals surface area contributed by atoms with Crippen LogP contribution in [0.4, 0.5) is 18.9 Å². The molecular formula is C26H24F3N5O2. The van der Waals surface area contributed by atoms with E-state index in [1.165, 1.54) is 12.1 Å². The summed E-state index contributed by atoms with van der Waals surface area (Å²) in [5, 5.41) is 18.2. The van der Waals surface area contributed by atoms with Gasteiger partial charge in [-0.25, -0.2) is 0 Å². The summed E-state index contributed by atoms with van der Waals surface area (Å²) < 4.78 is 47.5. The van der Waals surface area contributed by atoms with E-state index in [1.54, 1.807) is 12.1 Å². The van der Waals surface area contributed by atoms with Crippen LogP contribution in [0, 0.1) is 6.92 Å². The first-order chi connectivity index (χ1) is 17.2. The van der Waals surface area contributed by atoms with Crippen molar-refractivity contribution in [3.8, 4) is 23.0 Å². The number of nitrogens with zero attached hydrogens (tertiary/aromatic N) is 5. The maximum Gasteiger partial charge on any atom is 0.398 e. The standard InChI is InChI=1S/C26H24F3N5O2/c1-16-11-22(31-34(16)13-17-3-2-4-20(12-17)33-14-21(35)15-33)24-30-23(32-36-24)18-5-7-19(8-6-18)25(9-10-25)26(27,28)29/h2-8,11-12,21,35H,9-10,13-15H2,1H3. The van der Waals surface area contributed by atoms with Crippen molar-refractivity contribution in [3.63, 3.8) is 0 Å². The average molecular weight is 496 g/mol. The Morgan fingerprint density at radius 3 is 2.50 bits per heavy atom. The van der Waals surface area contributed by atoms with Crippen LogP contribution in [-0.2, 0) is 12.0 Å². The second-order valence-corrected chi connectivity index (χ2v) is 9.64. The van der Waals surface area contributed by atoms with Gasteiger partial charge in [0.25, 0.3) is 5.89 Å². The predicted octanol–water partition coefficient (Wildman–Crippen LogP) is 4.73. The number of hydrogen-bond donors (Lipinski definition) is 1. The molecule has 0 spiro atoms. The maximum absolute atomic E-state index is 13.4. The quantitative estimate of drug-likeness (QED) is 0.417. The lowest BCUT2D eigenvalue weighted by Gasteiger charge is -2.38. The molecule has 1 saturated carbocycles. The maximum atomic E-state index is 13.4. The Bertz CT molecular complexity index is 1400. The van der Waals surface area contributed by atoms with E-state index in [0.29, 0.717) is 36.7 Å². The van der Waals surface area contributed by atoms with Gasteiger partial charge in [0.2, 0.25) is 5.82 Å². The molecule has 0 bridgehead atoms. The monoisotopic (exact) mass is 495 g/mol. The highest BCUT2D eigenvalue weighted by atomic mass is 19.4. The van der Waals surface area contributed by atoms with Gasteiger partial charge in [-0.1, -0.05) is 41.6 Å². The van der Waals surface area contributed by atoms with Gasteiger partial charge in [-0.3, -0.25) is 4.68 Å². The van der Waals surface area contributed by atoms with Gasteiger partial charge in [0.05, 0.1) is 18.1 Å². The van der Waals surface area contributed by atoms with E-state index >= 15 is 0 Å². The van der Waals surface area contributed by atoms with E-state index in [0.717, 1.165) is 16.9 Å². The Balaban J connectivity index is 1.19. The van der Waals surface area contributed by atoms with Gasteiger partial charge in [0.15, 0.2) is 5.69 Å². The van der Waals surface area contributed by atoms with Crippen molar-refractivity contribution in [3.05, 3.63) is 71.4 Å². The molecule has 3 heterocycles. The molecule has 0 amide bonds. The predicted molar refractivity (Wildman–Crippen MR) is 126 cm³/mol. The number of rotatable bonds is 6. The van der Waals surface area contributed by atoms with Crippen LogP contribution in [0.5, 0.6) is 0 Å². The summed E-state index contributed by atoms with van der Waals surface area (Å²) in [6.45, 7) is 3.77. The largest absolute Gasteiger partial charge is 0.398 e.